The molecule has 0 aromatic carbocycles. The van der Waals surface area contributed by atoms with Gasteiger partial charge >= 0.3 is 118 Å². The molecule has 0 heterocycles. The van der Waals surface area contributed by atoms with Crippen LogP contribution in [0.15, 0.2) is 0 Å². The van der Waals surface area contributed by atoms with Crippen LogP contribution in [0.5, 0.6) is 0 Å². The molecular formula is C15H34Sb. The van der Waals surface area contributed by atoms with Crippen molar-refractivity contribution < 1.29 is 0 Å². The third kappa shape index (κ3) is 10.0. The van der Waals surface area contributed by atoms with E-state index in [1.807, 2.05) is 0 Å². The van der Waals surface area contributed by atoms with Gasteiger partial charge in [-0.1, -0.05) is 0 Å². The van der Waals surface area contributed by atoms with Crippen molar-refractivity contribution in [2.24, 2.45) is 5.92 Å². The second kappa shape index (κ2) is 9.81. The monoisotopic (exact) mass is 335 g/mol. The Balaban J connectivity index is 3.21. The van der Waals surface area contributed by atoms with Gasteiger partial charge in [0, 0.05) is 0 Å². The van der Waals surface area contributed by atoms with Gasteiger partial charge in [0.1, 0.15) is 0 Å². The second-order valence-corrected chi connectivity index (χ2v) is 11.4. The summed E-state index contributed by atoms with van der Waals surface area (Å²) < 4.78 is 0.671. The van der Waals surface area contributed by atoms with Crippen LogP contribution in [-0.2, 0) is 0 Å². The summed E-state index contributed by atoms with van der Waals surface area (Å²) in [5, 5.41) is 0. The van der Waals surface area contributed by atoms with Crippen LogP contribution in [0.2, 0.25) is 3.36 Å². The topological polar surface area (TPSA) is 0 Å². The Labute approximate surface area is 117 Å². The maximum absolute atomic E-state index is 2.45. The molecule has 0 aliphatic carbocycles. The van der Waals surface area contributed by atoms with Crippen molar-refractivity contribution in [1.29, 1.82) is 0 Å². The van der Waals surface area contributed by atoms with E-state index < -0.39 is 0 Å². The van der Waals surface area contributed by atoms with Crippen molar-refractivity contribution >= 4 is 23.0 Å². The summed E-state index contributed by atoms with van der Waals surface area (Å²) in [4.78, 5) is 0. The van der Waals surface area contributed by atoms with Crippen LogP contribution in [-0.4, -0.2) is 23.0 Å². The van der Waals surface area contributed by atoms with E-state index in [1.54, 1.807) is 0 Å². The molecule has 0 aromatic heterocycles. The molecule has 0 N–H and O–H groups in total. The molecule has 1 heteroatoms. The van der Waals surface area contributed by atoms with Gasteiger partial charge in [0.2, 0.25) is 0 Å². The van der Waals surface area contributed by atoms with Crippen LogP contribution in [0.1, 0.15) is 85.5 Å². The molecule has 0 aromatic rings. The summed E-state index contributed by atoms with van der Waals surface area (Å²) in [6.07, 6.45) is 13.1. The van der Waals surface area contributed by atoms with E-state index in [0.29, 0.717) is 3.36 Å². The molecule has 1 atom stereocenters. The zero-order valence-corrected chi connectivity index (χ0v) is 16.2. The van der Waals surface area contributed by atoms with Crippen LogP contribution in [0.25, 0.3) is 0 Å². The van der Waals surface area contributed by atoms with Gasteiger partial charge in [-0.15, -0.1) is 0 Å². The van der Waals surface area contributed by atoms with Crippen molar-refractivity contribution in [3.8, 4) is 0 Å². The van der Waals surface area contributed by atoms with Gasteiger partial charge in [0.25, 0.3) is 0 Å². The Morgan fingerprint density at radius 2 is 1.31 bits per heavy atom. The molecule has 0 aliphatic rings. The van der Waals surface area contributed by atoms with Gasteiger partial charge in [0.05, 0.1) is 0 Å². The first-order valence-electron chi connectivity index (χ1n) is 7.33. The van der Waals surface area contributed by atoms with Gasteiger partial charge in [-0.25, -0.2) is 0 Å². The van der Waals surface area contributed by atoms with Crippen molar-refractivity contribution in [3.05, 3.63) is 0 Å². The Morgan fingerprint density at radius 1 is 0.875 bits per heavy atom. The van der Waals surface area contributed by atoms with E-state index in [1.165, 1.54) is 57.8 Å². The van der Waals surface area contributed by atoms with E-state index in [0.717, 1.165) is 28.9 Å². The molecule has 0 bridgehead atoms. The van der Waals surface area contributed by atoms with Crippen molar-refractivity contribution in [2.75, 3.05) is 0 Å². The Bertz CT molecular complexity index is 146. The fraction of sp³-hybridized carbons (Fsp3) is 1.00. The van der Waals surface area contributed by atoms with Gasteiger partial charge in [-0.05, 0) is 0 Å². The van der Waals surface area contributed by atoms with E-state index in [4.69, 9.17) is 0 Å². The first-order valence-corrected chi connectivity index (χ1v) is 9.35. The van der Waals surface area contributed by atoms with Gasteiger partial charge in [-0.2, -0.15) is 0 Å². The first kappa shape index (κ1) is 16.8. The average molecular weight is 336 g/mol. The number of unbranched alkanes of at least 4 members (excludes halogenated alkanes) is 7. The Hall–Kier alpha value is 0.818. The predicted octanol–water partition coefficient (Wildman–Crippen LogP) is 4.72. The third-order valence-corrected chi connectivity index (χ3v) is 5.81. The molecule has 0 spiro atoms. The van der Waals surface area contributed by atoms with E-state index in [-0.39, 0.29) is 0 Å². The van der Waals surface area contributed by atoms with Gasteiger partial charge in [-0.3, -0.25) is 0 Å². The Morgan fingerprint density at radius 3 is 1.75 bits per heavy atom. The summed E-state index contributed by atoms with van der Waals surface area (Å²) in [6.45, 7) is 9.61. The molecule has 0 nitrogen and oxygen atoms in total. The molecule has 99 valence electrons. The molecule has 1 unspecified atom stereocenters. The molecule has 1 radical (unpaired) electrons. The molecular weight excluding hydrogens is 302 g/mol. The Kier molecular flexibility index (Phi) is 10.3. The number of hydrogen-bond donors (Lipinski definition) is 0. The normalized spacial score (nSPS) is 14.2. The SMILES string of the molecule is CCCCCCCCCCC(C)[C](C)(C)[SbH3]. The minimum absolute atomic E-state index is 0.671. The zero-order chi connectivity index (χ0) is 12.4. The molecule has 0 amide bonds. The van der Waals surface area contributed by atoms with Crippen LogP contribution in [0.4, 0.5) is 0 Å². The van der Waals surface area contributed by atoms with Crippen molar-refractivity contribution in [1.82, 2.24) is 0 Å². The van der Waals surface area contributed by atoms with E-state index in [2.05, 4.69) is 27.7 Å². The maximum atomic E-state index is 2.45. The van der Waals surface area contributed by atoms with Gasteiger partial charge in [0.15, 0.2) is 0 Å². The summed E-state index contributed by atoms with van der Waals surface area (Å²) in [7, 11) is 0. The van der Waals surface area contributed by atoms with Gasteiger partial charge < -0.3 is 0 Å². The third-order valence-electron chi connectivity index (χ3n) is 3.82. The minimum atomic E-state index is 0.671. The van der Waals surface area contributed by atoms with E-state index in [9.17, 15) is 0 Å². The van der Waals surface area contributed by atoms with Crippen LogP contribution in [0, 0.1) is 5.92 Å². The molecule has 0 fully saturated rings. The molecule has 0 saturated carbocycles. The van der Waals surface area contributed by atoms with Crippen LogP contribution in [0.3, 0.4) is 0 Å². The fourth-order valence-electron chi connectivity index (χ4n) is 1.98. The predicted molar refractivity (Wildman–Crippen MR) is 80.4 cm³/mol. The van der Waals surface area contributed by atoms with Crippen molar-refractivity contribution in [2.45, 2.75) is 88.8 Å². The van der Waals surface area contributed by atoms with Crippen LogP contribution >= 0.6 is 0 Å². The second-order valence-electron chi connectivity index (χ2n) is 6.15. The summed E-state index contributed by atoms with van der Waals surface area (Å²) in [6, 6.07) is 0. The summed E-state index contributed by atoms with van der Waals surface area (Å²) >= 11 is 1.10. The summed E-state index contributed by atoms with van der Waals surface area (Å²) in [5.41, 5.74) is 0. The number of hydrogen-bond acceptors (Lipinski definition) is 0. The van der Waals surface area contributed by atoms with E-state index >= 15 is 0 Å². The molecule has 0 saturated heterocycles. The molecule has 16 heavy (non-hydrogen) atoms. The molecule has 0 rings (SSSR count). The molecule has 0 aliphatic heterocycles. The van der Waals surface area contributed by atoms with Crippen LogP contribution < -0.4 is 0 Å². The quantitative estimate of drug-likeness (QED) is 0.400. The first-order chi connectivity index (χ1) is 7.48. The standard InChI is InChI=1S/C15H31.Sb.3H/c1-5-6-7-8-9-10-11-12-13-15(4)14(2)3;;;;/h15H,5-13H2,1-4H3;;;;. The average Bonchev–Trinajstić information content (AvgIpc) is 2.20. The fourth-order valence-corrected chi connectivity index (χ4v) is 2.56. The zero-order valence-electron chi connectivity index (χ0n) is 12.1. The summed E-state index contributed by atoms with van der Waals surface area (Å²) in [5.74, 6) is 0.944. The van der Waals surface area contributed by atoms with Crippen molar-refractivity contribution in [3.63, 3.8) is 0 Å². The number of rotatable bonds is 10.